The normalized spacial score (nSPS) is 14.0. The molecule has 1 N–H and O–H groups in total. The first-order chi connectivity index (χ1) is 11.7. The summed E-state index contributed by atoms with van der Waals surface area (Å²) < 4.78 is 5.40. The standard InChI is InChI=1S/C19H25ClN2O2S/c1-6-12(2)16(22-18(23)24-19(3,4)5)17-21-15(11-25-17)13-9-7-8-10-14(13)20/h7-12,16H,6H2,1-5H3,(H,22,23). The Morgan fingerprint density at radius 2 is 2.04 bits per heavy atom. The number of hydrogen-bond donors (Lipinski definition) is 1. The van der Waals surface area contributed by atoms with Crippen molar-refractivity contribution in [2.45, 2.75) is 52.7 Å². The Kier molecular flexibility index (Phi) is 6.47. The summed E-state index contributed by atoms with van der Waals surface area (Å²) in [6.45, 7) is 9.74. The van der Waals surface area contributed by atoms with E-state index in [9.17, 15) is 4.79 Å². The Morgan fingerprint density at radius 1 is 1.36 bits per heavy atom. The monoisotopic (exact) mass is 380 g/mol. The molecule has 1 aromatic heterocycles. The SMILES string of the molecule is CCC(C)C(NC(=O)OC(C)(C)C)c1nc(-c2ccccc2Cl)cs1. The molecule has 0 saturated carbocycles. The molecule has 0 aliphatic carbocycles. The third kappa shape index (κ3) is 5.44. The molecular weight excluding hydrogens is 356 g/mol. The Hall–Kier alpha value is -1.59. The van der Waals surface area contributed by atoms with E-state index in [1.807, 2.05) is 50.4 Å². The van der Waals surface area contributed by atoms with E-state index >= 15 is 0 Å². The number of ether oxygens (including phenoxy) is 1. The van der Waals surface area contributed by atoms with Crippen molar-refractivity contribution in [3.8, 4) is 11.3 Å². The summed E-state index contributed by atoms with van der Waals surface area (Å²) in [7, 11) is 0. The Balaban J connectivity index is 2.24. The summed E-state index contributed by atoms with van der Waals surface area (Å²) in [5.74, 6) is 0.234. The quantitative estimate of drug-likeness (QED) is 0.684. The molecule has 6 heteroatoms. The molecule has 0 radical (unpaired) electrons. The van der Waals surface area contributed by atoms with Gasteiger partial charge in [0.2, 0.25) is 0 Å². The lowest BCUT2D eigenvalue weighted by molar-refractivity contribution is 0.0486. The predicted molar refractivity (Wildman–Crippen MR) is 104 cm³/mol. The van der Waals surface area contributed by atoms with Crippen LogP contribution in [0.25, 0.3) is 11.3 Å². The number of benzene rings is 1. The van der Waals surface area contributed by atoms with E-state index in [4.69, 9.17) is 21.3 Å². The zero-order chi connectivity index (χ0) is 18.6. The summed E-state index contributed by atoms with van der Waals surface area (Å²) in [5.41, 5.74) is 1.19. The van der Waals surface area contributed by atoms with Gasteiger partial charge in [-0.25, -0.2) is 9.78 Å². The van der Waals surface area contributed by atoms with Crippen molar-refractivity contribution >= 4 is 29.0 Å². The van der Waals surface area contributed by atoms with Crippen LogP contribution in [0.2, 0.25) is 5.02 Å². The highest BCUT2D eigenvalue weighted by Crippen LogP contribution is 2.33. The fourth-order valence-electron chi connectivity index (χ4n) is 2.34. The number of rotatable bonds is 5. The van der Waals surface area contributed by atoms with Gasteiger partial charge >= 0.3 is 6.09 Å². The molecule has 0 saturated heterocycles. The molecule has 2 aromatic rings. The van der Waals surface area contributed by atoms with Gasteiger partial charge in [-0.15, -0.1) is 11.3 Å². The Labute approximate surface area is 158 Å². The molecular formula is C19H25ClN2O2S. The van der Waals surface area contributed by atoms with Gasteiger partial charge in [-0.3, -0.25) is 0 Å². The van der Waals surface area contributed by atoms with E-state index in [1.54, 1.807) is 0 Å². The van der Waals surface area contributed by atoms with E-state index in [1.165, 1.54) is 11.3 Å². The summed E-state index contributed by atoms with van der Waals surface area (Å²) in [5, 5.41) is 6.47. The molecule has 0 aliphatic heterocycles. The smallest absolute Gasteiger partial charge is 0.408 e. The molecule has 0 spiro atoms. The maximum absolute atomic E-state index is 12.2. The van der Waals surface area contributed by atoms with Gasteiger partial charge < -0.3 is 10.1 Å². The number of hydrogen-bond acceptors (Lipinski definition) is 4. The number of amides is 1. The second-order valence-corrected chi connectivity index (χ2v) is 8.36. The Morgan fingerprint density at radius 3 is 2.64 bits per heavy atom. The number of nitrogens with zero attached hydrogens (tertiary/aromatic N) is 1. The molecule has 4 nitrogen and oxygen atoms in total. The van der Waals surface area contributed by atoms with Crippen LogP contribution >= 0.6 is 22.9 Å². The molecule has 1 amide bonds. The van der Waals surface area contributed by atoms with Crippen molar-refractivity contribution in [3.63, 3.8) is 0 Å². The second-order valence-electron chi connectivity index (χ2n) is 7.06. The predicted octanol–water partition coefficient (Wildman–Crippen LogP) is 6.08. The van der Waals surface area contributed by atoms with Gasteiger partial charge in [0, 0.05) is 16.0 Å². The van der Waals surface area contributed by atoms with Crippen molar-refractivity contribution in [3.05, 3.63) is 39.7 Å². The topological polar surface area (TPSA) is 51.2 Å². The van der Waals surface area contributed by atoms with E-state index < -0.39 is 11.7 Å². The number of carbonyl (C=O) groups is 1. The molecule has 2 rings (SSSR count). The molecule has 0 aliphatic rings. The molecule has 25 heavy (non-hydrogen) atoms. The number of carbonyl (C=O) groups excluding carboxylic acids is 1. The lowest BCUT2D eigenvalue weighted by Gasteiger charge is -2.25. The van der Waals surface area contributed by atoms with Gasteiger partial charge in [0.15, 0.2) is 0 Å². The maximum atomic E-state index is 12.2. The van der Waals surface area contributed by atoms with Gasteiger partial charge in [-0.05, 0) is 32.8 Å². The molecule has 2 unspecified atom stereocenters. The highest BCUT2D eigenvalue weighted by molar-refractivity contribution is 7.10. The third-order valence-electron chi connectivity index (χ3n) is 3.82. The van der Waals surface area contributed by atoms with Crippen LogP contribution in [-0.4, -0.2) is 16.7 Å². The summed E-state index contributed by atoms with van der Waals surface area (Å²) >= 11 is 7.79. The average Bonchev–Trinajstić information content (AvgIpc) is 3.00. The van der Waals surface area contributed by atoms with Crippen LogP contribution < -0.4 is 5.32 Å². The number of aromatic nitrogens is 1. The fraction of sp³-hybridized carbons (Fsp3) is 0.474. The van der Waals surface area contributed by atoms with Crippen LogP contribution in [0.1, 0.15) is 52.1 Å². The number of thiazole rings is 1. The summed E-state index contributed by atoms with van der Waals surface area (Å²) in [4.78, 5) is 16.9. The van der Waals surface area contributed by atoms with E-state index in [0.29, 0.717) is 5.02 Å². The summed E-state index contributed by atoms with van der Waals surface area (Å²) in [6, 6.07) is 7.43. The first kappa shape index (κ1) is 19.7. The minimum Gasteiger partial charge on any atom is -0.444 e. The van der Waals surface area contributed by atoms with Gasteiger partial charge in [0.25, 0.3) is 0 Å². The maximum Gasteiger partial charge on any atom is 0.408 e. The van der Waals surface area contributed by atoms with Crippen LogP contribution in [0, 0.1) is 5.92 Å². The van der Waals surface area contributed by atoms with Crippen molar-refractivity contribution in [1.82, 2.24) is 10.3 Å². The van der Waals surface area contributed by atoms with Crippen LogP contribution in [0.15, 0.2) is 29.6 Å². The molecule has 136 valence electrons. The van der Waals surface area contributed by atoms with Gasteiger partial charge in [0.1, 0.15) is 10.6 Å². The fourth-order valence-corrected chi connectivity index (χ4v) is 3.57. The van der Waals surface area contributed by atoms with Crippen molar-refractivity contribution in [2.75, 3.05) is 0 Å². The van der Waals surface area contributed by atoms with Gasteiger partial charge in [-0.1, -0.05) is 50.1 Å². The van der Waals surface area contributed by atoms with E-state index in [0.717, 1.165) is 22.7 Å². The number of halogens is 1. The zero-order valence-electron chi connectivity index (χ0n) is 15.3. The van der Waals surface area contributed by atoms with Crippen LogP contribution in [0.5, 0.6) is 0 Å². The first-order valence-corrected chi connectivity index (χ1v) is 9.67. The van der Waals surface area contributed by atoms with Crippen LogP contribution in [0.3, 0.4) is 0 Å². The highest BCUT2D eigenvalue weighted by atomic mass is 35.5. The van der Waals surface area contributed by atoms with E-state index in [2.05, 4.69) is 19.2 Å². The number of nitrogens with one attached hydrogen (secondary N) is 1. The largest absolute Gasteiger partial charge is 0.444 e. The first-order valence-electron chi connectivity index (χ1n) is 8.41. The van der Waals surface area contributed by atoms with Crippen LogP contribution in [-0.2, 0) is 4.74 Å². The van der Waals surface area contributed by atoms with E-state index in [-0.39, 0.29) is 12.0 Å². The molecule has 1 heterocycles. The minimum absolute atomic E-state index is 0.193. The molecule has 0 fully saturated rings. The Bertz CT molecular complexity index is 724. The second kappa shape index (κ2) is 8.19. The van der Waals surface area contributed by atoms with Crippen molar-refractivity contribution in [1.29, 1.82) is 0 Å². The minimum atomic E-state index is -0.532. The van der Waals surface area contributed by atoms with Gasteiger partial charge in [0.05, 0.1) is 11.7 Å². The van der Waals surface area contributed by atoms with Crippen molar-refractivity contribution < 1.29 is 9.53 Å². The molecule has 2 atom stereocenters. The highest BCUT2D eigenvalue weighted by Gasteiger charge is 2.26. The molecule has 0 bridgehead atoms. The lowest BCUT2D eigenvalue weighted by atomic mass is 10.00. The van der Waals surface area contributed by atoms with Gasteiger partial charge in [-0.2, -0.15) is 0 Å². The van der Waals surface area contributed by atoms with Crippen LogP contribution in [0.4, 0.5) is 4.79 Å². The average molecular weight is 381 g/mol. The number of alkyl carbamates (subject to hydrolysis) is 1. The van der Waals surface area contributed by atoms with Crippen molar-refractivity contribution in [2.24, 2.45) is 5.92 Å². The summed E-state index contributed by atoms with van der Waals surface area (Å²) in [6.07, 6.45) is 0.494. The molecule has 1 aromatic carbocycles. The zero-order valence-corrected chi connectivity index (χ0v) is 16.9. The lowest BCUT2D eigenvalue weighted by Crippen LogP contribution is -2.37. The third-order valence-corrected chi connectivity index (χ3v) is 5.08.